The van der Waals surface area contributed by atoms with Crippen molar-refractivity contribution >= 4 is 27.3 Å². The van der Waals surface area contributed by atoms with E-state index in [9.17, 15) is 5.11 Å². The summed E-state index contributed by atoms with van der Waals surface area (Å²) < 4.78 is 12.8. The van der Waals surface area contributed by atoms with E-state index in [-0.39, 0.29) is 5.60 Å². The van der Waals surface area contributed by atoms with Gasteiger partial charge in [-0.2, -0.15) is 0 Å². The Morgan fingerprint density at radius 1 is 1.43 bits per heavy atom. The minimum absolute atomic E-state index is 0.357. The zero-order valence-corrected chi connectivity index (χ0v) is 14.3. The smallest absolute Gasteiger partial charge is 0.129 e. The third-order valence-corrected chi connectivity index (χ3v) is 5.09. The summed E-state index contributed by atoms with van der Waals surface area (Å²) in [5.74, 6) is 1.46. The molecule has 1 aliphatic heterocycles. The van der Waals surface area contributed by atoms with Gasteiger partial charge in [0.1, 0.15) is 23.7 Å². The van der Waals surface area contributed by atoms with E-state index < -0.39 is 6.10 Å². The predicted octanol–water partition coefficient (Wildman–Crippen LogP) is 4.68. The van der Waals surface area contributed by atoms with Crippen LogP contribution >= 0.6 is 27.3 Å². The van der Waals surface area contributed by atoms with Crippen molar-refractivity contribution < 1.29 is 14.6 Å². The maximum atomic E-state index is 10.2. The number of hydrogen-bond donors (Lipinski definition) is 1. The second-order valence-electron chi connectivity index (χ2n) is 5.80. The number of halogens is 1. The van der Waals surface area contributed by atoms with E-state index >= 15 is 0 Å². The van der Waals surface area contributed by atoms with Gasteiger partial charge in [-0.05, 0) is 48.0 Å². The average molecular weight is 369 g/mol. The Morgan fingerprint density at radius 2 is 2.24 bits per heavy atom. The lowest BCUT2D eigenvalue weighted by atomic mass is 9.92. The average Bonchev–Trinajstić information content (AvgIpc) is 2.80. The molecule has 0 spiro atoms. The summed E-state index contributed by atoms with van der Waals surface area (Å²) in [6.45, 7) is 4.49. The molecular formula is C16H17BrO3S. The lowest BCUT2D eigenvalue weighted by molar-refractivity contribution is 0.0113. The van der Waals surface area contributed by atoms with E-state index in [0.29, 0.717) is 18.8 Å². The van der Waals surface area contributed by atoms with Crippen molar-refractivity contribution in [3.05, 3.63) is 44.6 Å². The SMILES string of the molecule is CC1(C)CC(O)c2ccc(OCc3cc(Br)cs3)cc2O1. The van der Waals surface area contributed by atoms with E-state index in [4.69, 9.17) is 9.47 Å². The highest BCUT2D eigenvalue weighted by Crippen LogP contribution is 2.41. The van der Waals surface area contributed by atoms with Gasteiger partial charge in [0.25, 0.3) is 0 Å². The van der Waals surface area contributed by atoms with Gasteiger partial charge >= 0.3 is 0 Å². The van der Waals surface area contributed by atoms with Gasteiger partial charge in [-0.3, -0.25) is 0 Å². The van der Waals surface area contributed by atoms with E-state index in [2.05, 4.69) is 15.9 Å². The van der Waals surface area contributed by atoms with Gasteiger partial charge in [-0.15, -0.1) is 11.3 Å². The highest BCUT2D eigenvalue weighted by Gasteiger charge is 2.32. The molecule has 0 saturated carbocycles. The van der Waals surface area contributed by atoms with Crippen molar-refractivity contribution in [1.29, 1.82) is 0 Å². The number of aliphatic hydroxyl groups is 1. The number of ether oxygens (including phenoxy) is 2. The Balaban J connectivity index is 1.76. The van der Waals surface area contributed by atoms with Crippen LogP contribution in [0.4, 0.5) is 0 Å². The Hall–Kier alpha value is -1.04. The molecule has 0 aliphatic carbocycles. The molecule has 0 saturated heterocycles. The van der Waals surface area contributed by atoms with Crippen LogP contribution in [0.1, 0.15) is 36.8 Å². The molecule has 1 aromatic heterocycles. The quantitative estimate of drug-likeness (QED) is 0.854. The summed E-state index contributed by atoms with van der Waals surface area (Å²) in [5.41, 5.74) is 0.476. The summed E-state index contributed by atoms with van der Waals surface area (Å²) in [6.07, 6.45) is 0.120. The summed E-state index contributed by atoms with van der Waals surface area (Å²) in [4.78, 5) is 1.15. The Morgan fingerprint density at radius 3 is 2.95 bits per heavy atom. The second kappa shape index (κ2) is 5.63. The zero-order chi connectivity index (χ0) is 15.0. The molecule has 2 heterocycles. The predicted molar refractivity (Wildman–Crippen MR) is 87.1 cm³/mol. The maximum Gasteiger partial charge on any atom is 0.129 e. The third-order valence-electron chi connectivity index (χ3n) is 3.42. The molecule has 0 amide bonds. The van der Waals surface area contributed by atoms with Crippen LogP contribution in [-0.2, 0) is 6.61 Å². The van der Waals surface area contributed by atoms with Gasteiger partial charge in [0, 0.05) is 32.8 Å². The highest BCUT2D eigenvalue weighted by molar-refractivity contribution is 9.10. The summed E-state index contributed by atoms with van der Waals surface area (Å²) >= 11 is 5.09. The van der Waals surface area contributed by atoms with Crippen LogP contribution in [-0.4, -0.2) is 10.7 Å². The molecular weight excluding hydrogens is 352 g/mol. The lowest BCUT2D eigenvalue weighted by Gasteiger charge is -2.35. The molecule has 21 heavy (non-hydrogen) atoms. The first kappa shape index (κ1) is 14.9. The fraction of sp³-hybridized carbons (Fsp3) is 0.375. The summed E-state index contributed by atoms with van der Waals surface area (Å²) in [7, 11) is 0. The van der Waals surface area contributed by atoms with Gasteiger partial charge < -0.3 is 14.6 Å². The van der Waals surface area contributed by atoms with Crippen molar-refractivity contribution in [2.24, 2.45) is 0 Å². The fourth-order valence-electron chi connectivity index (χ4n) is 2.47. The summed E-state index contributed by atoms with van der Waals surface area (Å²) in [5, 5.41) is 12.2. The van der Waals surface area contributed by atoms with Crippen LogP contribution in [0, 0.1) is 0 Å². The van der Waals surface area contributed by atoms with Gasteiger partial charge in [-0.1, -0.05) is 0 Å². The van der Waals surface area contributed by atoms with Crippen molar-refractivity contribution in [1.82, 2.24) is 0 Å². The molecule has 1 aromatic carbocycles. The minimum atomic E-state index is -0.481. The van der Waals surface area contributed by atoms with Crippen LogP contribution in [0.3, 0.4) is 0 Å². The minimum Gasteiger partial charge on any atom is -0.488 e. The largest absolute Gasteiger partial charge is 0.488 e. The summed E-state index contributed by atoms with van der Waals surface area (Å²) in [6, 6.07) is 7.68. The number of benzene rings is 1. The zero-order valence-electron chi connectivity index (χ0n) is 11.9. The van der Waals surface area contributed by atoms with E-state index in [0.717, 1.165) is 20.7 Å². The van der Waals surface area contributed by atoms with Crippen molar-refractivity contribution in [2.45, 2.75) is 38.6 Å². The second-order valence-corrected chi connectivity index (χ2v) is 7.71. The molecule has 1 N–H and O–H groups in total. The Bertz CT molecular complexity index is 651. The third kappa shape index (κ3) is 3.42. The molecule has 112 valence electrons. The number of hydrogen-bond acceptors (Lipinski definition) is 4. The van der Waals surface area contributed by atoms with Crippen LogP contribution < -0.4 is 9.47 Å². The van der Waals surface area contributed by atoms with Gasteiger partial charge in [0.15, 0.2) is 0 Å². The van der Waals surface area contributed by atoms with Gasteiger partial charge in [-0.25, -0.2) is 0 Å². The number of fused-ring (bicyclic) bond motifs is 1. The first-order valence-electron chi connectivity index (χ1n) is 6.80. The van der Waals surface area contributed by atoms with Crippen molar-refractivity contribution in [3.63, 3.8) is 0 Å². The van der Waals surface area contributed by atoms with E-state index in [1.807, 2.05) is 43.5 Å². The molecule has 1 unspecified atom stereocenters. The normalized spacial score (nSPS) is 19.7. The van der Waals surface area contributed by atoms with Gasteiger partial charge in [0.2, 0.25) is 0 Å². The number of thiophene rings is 1. The highest BCUT2D eigenvalue weighted by atomic mass is 79.9. The molecule has 0 fully saturated rings. The molecule has 1 aliphatic rings. The standard InChI is InChI=1S/C16H17BrO3S/c1-16(2)7-14(18)13-4-3-11(6-15(13)20-16)19-8-12-5-10(17)9-21-12/h3-6,9,14,18H,7-8H2,1-2H3. The van der Waals surface area contributed by atoms with Crippen LogP contribution in [0.15, 0.2) is 34.1 Å². The molecule has 5 heteroatoms. The molecule has 3 rings (SSSR count). The fourth-order valence-corrected chi connectivity index (χ4v) is 3.83. The van der Waals surface area contributed by atoms with E-state index in [1.165, 1.54) is 0 Å². The molecule has 1 atom stereocenters. The number of rotatable bonds is 3. The van der Waals surface area contributed by atoms with Crippen molar-refractivity contribution in [2.75, 3.05) is 0 Å². The molecule has 0 radical (unpaired) electrons. The monoisotopic (exact) mass is 368 g/mol. The van der Waals surface area contributed by atoms with Crippen LogP contribution in [0.5, 0.6) is 11.5 Å². The van der Waals surface area contributed by atoms with Crippen LogP contribution in [0.2, 0.25) is 0 Å². The molecule has 3 nitrogen and oxygen atoms in total. The first-order chi connectivity index (χ1) is 9.93. The Labute approximate surface area is 136 Å². The molecule has 2 aromatic rings. The van der Waals surface area contributed by atoms with Crippen molar-refractivity contribution in [3.8, 4) is 11.5 Å². The molecule has 0 bridgehead atoms. The topological polar surface area (TPSA) is 38.7 Å². The maximum absolute atomic E-state index is 10.2. The van der Waals surface area contributed by atoms with E-state index in [1.54, 1.807) is 11.3 Å². The lowest BCUT2D eigenvalue weighted by Crippen LogP contribution is -2.34. The number of aliphatic hydroxyl groups excluding tert-OH is 1. The van der Waals surface area contributed by atoms with Gasteiger partial charge in [0.05, 0.1) is 6.10 Å². The Kier molecular flexibility index (Phi) is 3.99. The first-order valence-corrected chi connectivity index (χ1v) is 8.47. The van der Waals surface area contributed by atoms with Crippen LogP contribution in [0.25, 0.3) is 0 Å².